The summed E-state index contributed by atoms with van der Waals surface area (Å²) in [5.41, 5.74) is -0.0544. The number of nitrogens with one attached hydrogen (secondary N) is 2. The molecule has 8 nitrogen and oxygen atoms in total. The summed E-state index contributed by atoms with van der Waals surface area (Å²) >= 11 is 0. The van der Waals surface area contributed by atoms with Crippen molar-refractivity contribution < 1.29 is 9.84 Å². The molecule has 0 saturated carbocycles. The van der Waals surface area contributed by atoms with Gasteiger partial charge in [0.05, 0.1) is 5.56 Å². The molecule has 8 heteroatoms. The van der Waals surface area contributed by atoms with Crippen molar-refractivity contribution in [1.82, 2.24) is 14.5 Å². The minimum Gasteiger partial charge on any atom is -0.491 e. The molecule has 0 aliphatic heterocycles. The number of para-hydroxylation sites is 1. The fourth-order valence-electron chi connectivity index (χ4n) is 2.91. The molecule has 1 unspecified atom stereocenters. The van der Waals surface area contributed by atoms with Crippen LogP contribution in [0.3, 0.4) is 0 Å². The van der Waals surface area contributed by atoms with Crippen molar-refractivity contribution in [1.29, 1.82) is 0 Å². The van der Waals surface area contributed by atoms with Crippen LogP contribution in [0.15, 0.2) is 39.9 Å². The highest BCUT2D eigenvalue weighted by Crippen LogP contribution is 2.18. The standard InChI is InChI=1S/C20H30N4O4/c1-14(2)17-18(23(3)20(27)24(4)19(17)26)22-11-10-21-12-15(25)13-28-16-8-6-5-7-9-16/h5-9,14-15,21-22,25H,10-13H2,1-4H3. The maximum absolute atomic E-state index is 12.4. The Morgan fingerprint density at radius 1 is 1.07 bits per heavy atom. The van der Waals surface area contributed by atoms with E-state index >= 15 is 0 Å². The summed E-state index contributed by atoms with van der Waals surface area (Å²) in [5.74, 6) is 1.24. The van der Waals surface area contributed by atoms with Gasteiger partial charge in [0.25, 0.3) is 5.56 Å². The lowest BCUT2D eigenvalue weighted by atomic mass is 10.1. The van der Waals surface area contributed by atoms with E-state index in [-0.39, 0.29) is 23.8 Å². The summed E-state index contributed by atoms with van der Waals surface area (Å²) < 4.78 is 8.09. The molecule has 0 aliphatic rings. The van der Waals surface area contributed by atoms with Crippen LogP contribution in [0.25, 0.3) is 0 Å². The van der Waals surface area contributed by atoms with E-state index in [9.17, 15) is 14.7 Å². The van der Waals surface area contributed by atoms with Crippen molar-refractivity contribution in [2.45, 2.75) is 25.9 Å². The number of aliphatic hydroxyl groups is 1. The Kier molecular flexibility index (Phi) is 7.83. The molecule has 154 valence electrons. The molecule has 2 aromatic rings. The average Bonchev–Trinajstić information content (AvgIpc) is 2.68. The Balaban J connectivity index is 1.84. The maximum Gasteiger partial charge on any atom is 0.332 e. The van der Waals surface area contributed by atoms with Crippen LogP contribution in [-0.4, -0.2) is 46.6 Å². The van der Waals surface area contributed by atoms with Crippen LogP contribution in [0.4, 0.5) is 5.82 Å². The van der Waals surface area contributed by atoms with Gasteiger partial charge < -0.3 is 20.5 Å². The molecule has 0 radical (unpaired) electrons. The summed E-state index contributed by atoms with van der Waals surface area (Å²) in [5, 5.41) is 16.3. The second kappa shape index (κ2) is 10.1. The Morgan fingerprint density at radius 3 is 2.39 bits per heavy atom. The van der Waals surface area contributed by atoms with Crippen LogP contribution in [0, 0.1) is 0 Å². The third-order valence-corrected chi connectivity index (χ3v) is 4.44. The fraction of sp³-hybridized carbons (Fsp3) is 0.500. The van der Waals surface area contributed by atoms with Gasteiger partial charge in [-0.2, -0.15) is 0 Å². The summed E-state index contributed by atoms with van der Waals surface area (Å²) in [6.07, 6.45) is -0.639. The smallest absolute Gasteiger partial charge is 0.332 e. The lowest BCUT2D eigenvalue weighted by Gasteiger charge is -2.19. The highest BCUT2D eigenvalue weighted by Gasteiger charge is 2.17. The van der Waals surface area contributed by atoms with Gasteiger partial charge in [-0.3, -0.25) is 13.9 Å². The SMILES string of the molecule is CC(C)c1c(NCCNCC(O)COc2ccccc2)n(C)c(=O)n(C)c1=O. The Morgan fingerprint density at radius 2 is 1.75 bits per heavy atom. The van der Waals surface area contributed by atoms with E-state index in [1.165, 1.54) is 11.6 Å². The van der Waals surface area contributed by atoms with Gasteiger partial charge in [0, 0.05) is 33.7 Å². The minimum absolute atomic E-state index is 0.0158. The lowest BCUT2D eigenvalue weighted by molar-refractivity contribution is 0.107. The zero-order valence-corrected chi connectivity index (χ0v) is 16.9. The number of benzene rings is 1. The van der Waals surface area contributed by atoms with Crippen molar-refractivity contribution in [3.63, 3.8) is 0 Å². The molecule has 0 aliphatic carbocycles. The minimum atomic E-state index is -0.639. The molecule has 1 aromatic heterocycles. The molecule has 1 heterocycles. The molecule has 1 atom stereocenters. The monoisotopic (exact) mass is 390 g/mol. The first kappa shape index (κ1) is 21.7. The number of nitrogens with zero attached hydrogens (tertiary/aromatic N) is 2. The van der Waals surface area contributed by atoms with Gasteiger partial charge in [0.2, 0.25) is 0 Å². The first-order chi connectivity index (χ1) is 13.3. The molecule has 3 N–H and O–H groups in total. The summed E-state index contributed by atoms with van der Waals surface area (Å²) in [6, 6.07) is 9.33. The van der Waals surface area contributed by atoms with Gasteiger partial charge in [-0.25, -0.2) is 4.79 Å². The van der Waals surface area contributed by atoms with E-state index in [4.69, 9.17) is 4.74 Å². The number of rotatable bonds is 10. The predicted octanol–water partition coefficient (Wildman–Crippen LogP) is 0.649. The first-order valence-electron chi connectivity index (χ1n) is 9.43. The highest BCUT2D eigenvalue weighted by atomic mass is 16.5. The quantitative estimate of drug-likeness (QED) is 0.516. The molecular formula is C20H30N4O4. The van der Waals surface area contributed by atoms with Crippen LogP contribution in [0.5, 0.6) is 5.75 Å². The third kappa shape index (κ3) is 5.46. The Hall–Kier alpha value is -2.58. The molecule has 2 rings (SSSR count). The Labute approximate surface area is 164 Å². The molecule has 0 saturated heterocycles. The predicted molar refractivity (Wildman–Crippen MR) is 110 cm³/mol. The van der Waals surface area contributed by atoms with E-state index in [0.29, 0.717) is 31.0 Å². The zero-order valence-electron chi connectivity index (χ0n) is 16.9. The second-order valence-corrected chi connectivity index (χ2v) is 7.03. The third-order valence-electron chi connectivity index (χ3n) is 4.44. The van der Waals surface area contributed by atoms with Gasteiger partial charge >= 0.3 is 5.69 Å². The van der Waals surface area contributed by atoms with Crippen LogP contribution < -0.4 is 26.6 Å². The molecule has 0 spiro atoms. The van der Waals surface area contributed by atoms with Crippen molar-refractivity contribution in [3.05, 3.63) is 56.7 Å². The van der Waals surface area contributed by atoms with Crippen molar-refractivity contribution >= 4 is 5.82 Å². The normalized spacial score (nSPS) is 12.2. The highest BCUT2D eigenvalue weighted by molar-refractivity contribution is 5.45. The zero-order chi connectivity index (χ0) is 20.7. The van der Waals surface area contributed by atoms with E-state index < -0.39 is 6.10 Å². The Bertz CT molecular complexity index is 874. The first-order valence-corrected chi connectivity index (χ1v) is 9.43. The van der Waals surface area contributed by atoms with Crippen LogP contribution in [0.1, 0.15) is 25.3 Å². The van der Waals surface area contributed by atoms with Crippen LogP contribution >= 0.6 is 0 Å². The van der Waals surface area contributed by atoms with Gasteiger partial charge in [0.15, 0.2) is 0 Å². The molecule has 0 bridgehead atoms. The van der Waals surface area contributed by atoms with Gasteiger partial charge in [0.1, 0.15) is 24.3 Å². The lowest BCUT2D eigenvalue weighted by Crippen LogP contribution is -2.41. The molecule has 0 amide bonds. The largest absolute Gasteiger partial charge is 0.491 e. The topological polar surface area (TPSA) is 97.5 Å². The second-order valence-electron chi connectivity index (χ2n) is 7.03. The van der Waals surface area contributed by atoms with E-state index in [0.717, 1.165) is 10.3 Å². The number of aromatic nitrogens is 2. The van der Waals surface area contributed by atoms with E-state index in [1.54, 1.807) is 7.05 Å². The number of anilines is 1. The van der Waals surface area contributed by atoms with Gasteiger partial charge in [-0.1, -0.05) is 32.0 Å². The fourth-order valence-corrected chi connectivity index (χ4v) is 2.91. The van der Waals surface area contributed by atoms with Crippen LogP contribution in [0.2, 0.25) is 0 Å². The number of hydrogen-bond acceptors (Lipinski definition) is 6. The molecular weight excluding hydrogens is 360 g/mol. The van der Waals surface area contributed by atoms with Gasteiger partial charge in [-0.15, -0.1) is 0 Å². The van der Waals surface area contributed by atoms with E-state index in [2.05, 4.69) is 10.6 Å². The molecule has 28 heavy (non-hydrogen) atoms. The van der Waals surface area contributed by atoms with Crippen molar-refractivity contribution in [2.75, 3.05) is 31.6 Å². The summed E-state index contributed by atoms with van der Waals surface area (Å²) in [7, 11) is 3.13. The number of hydrogen-bond donors (Lipinski definition) is 3. The molecule has 0 fully saturated rings. The van der Waals surface area contributed by atoms with Gasteiger partial charge in [-0.05, 0) is 18.1 Å². The maximum atomic E-state index is 12.4. The van der Waals surface area contributed by atoms with E-state index in [1.807, 2.05) is 44.2 Å². The summed E-state index contributed by atoms with van der Waals surface area (Å²) in [6.45, 7) is 5.49. The molecule has 1 aromatic carbocycles. The average molecular weight is 390 g/mol. The summed E-state index contributed by atoms with van der Waals surface area (Å²) in [4.78, 5) is 24.6. The number of aliphatic hydroxyl groups excluding tert-OH is 1. The van der Waals surface area contributed by atoms with Crippen molar-refractivity contribution in [2.24, 2.45) is 14.1 Å². The van der Waals surface area contributed by atoms with Crippen molar-refractivity contribution in [3.8, 4) is 5.75 Å². The van der Waals surface area contributed by atoms with Crippen LogP contribution in [-0.2, 0) is 14.1 Å². The number of ether oxygens (including phenoxy) is 1.